The number of nitrogens with zero attached hydrogens (tertiary/aromatic N) is 1. The number of rotatable bonds is 2. The summed E-state index contributed by atoms with van der Waals surface area (Å²) >= 11 is 0. The average molecular weight is 244 g/mol. The third-order valence-corrected chi connectivity index (χ3v) is 4.32. The van der Waals surface area contributed by atoms with Crippen LogP contribution in [0.3, 0.4) is 0 Å². The average Bonchev–Trinajstić information content (AvgIpc) is 2.83. The Hall–Kier alpha value is -1.51. The Morgan fingerprint density at radius 3 is 2.94 bits per heavy atom. The maximum atomic E-state index is 5.41. The van der Waals surface area contributed by atoms with Gasteiger partial charge in [-0.1, -0.05) is 13.8 Å². The van der Waals surface area contributed by atoms with Crippen molar-refractivity contribution in [2.75, 3.05) is 5.32 Å². The Balaban J connectivity index is 1.78. The van der Waals surface area contributed by atoms with E-state index < -0.39 is 0 Å². The number of pyridine rings is 1. The molecule has 96 valence electrons. The number of hydrogen-bond acceptors (Lipinski definition) is 3. The molecule has 3 heteroatoms. The molecule has 2 aromatic rings. The van der Waals surface area contributed by atoms with Crippen LogP contribution in [0.2, 0.25) is 0 Å². The van der Waals surface area contributed by atoms with Gasteiger partial charge in [0.2, 0.25) is 0 Å². The van der Waals surface area contributed by atoms with Gasteiger partial charge in [0.25, 0.3) is 0 Å². The zero-order chi connectivity index (χ0) is 12.5. The van der Waals surface area contributed by atoms with Crippen molar-refractivity contribution in [3.05, 3.63) is 24.6 Å². The van der Waals surface area contributed by atoms with Gasteiger partial charge in [0.1, 0.15) is 11.4 Å². The molecule has 0 amide bonds. The van der Waals surface area contributed by atoms with Crippen LogP contribution in [-0.2, 0) is 0 Å². The first-order valence-electron chi connectivity index (χ1n) is 6.83. The Morgan fingerprint density at radius 2 is 2.11 bits per heavy atom. The highest BCUT2D eigenvalue weighted by Crippen LogP contribution is 2.32. The van der Waals surface area contributed by atoms with Crippen LogP contribution in [0.25, 0.3) is 11.0 Å². The first-order chi connectivity index (χ1) is 8.74. The summed E-state index contributed by atoms with van der Waals surface area (Å²) in [7, 11) is 0. The summed E-state index contributed by atoms with van der Waals surface area (Å²) in [6.07, 6.45) is 7.31. The third-order valence-electron chi connectivity index (χ3n) is 4.32. The molecule has 18 heavy (non-hydrogen) atoms. The highest BCUT2D eigenvalue weighted by atomic mass is 16.3. The smallest absolute Gasteiger partial charge is 0.139 e. The molecule has 0 radical (unpaired) electrons. The SMILES string of the molecule is CC1CCC(Nc2nccc3occc23)CC1C. The number of fused-ring (bicyclic) bond motifs is 1. The van der Waals surface area contributed by atoms with E-state index in [1.54, 1.807) is 6.26 Å². The summed E-state index contributed by atoms with van der Waals surface area (Å²) in [5.41, 5.74) is 0.907. The number of furan rings is 1. The second kappa shape index (κ2) is 4.63. The molecule has 2 heterocycles. The molecule has 3 unspecified atom stereocenters. The van der Waals surface area contributed by atoms with Crippen LogP contribution in [0, 0.1) is 11.8 Å². The quantitative estimate of drug-likeness (QED) is 0.865. The first-order valence-corrected chi connectivity index (χ1v) is 6.83. The van der Waals surface area contributed by atoms with E-state index in [1.807, 2.05) is 18.3 Å². The topological polar surface area (TPSA) is 38.1 Å². The molecule has 0 spiro atoms. The number of hydrogen-bond donors (Lipinski definition) is 1. The van der Waals surface area contributed by atoms with Gasteiger partial charge in [0.15, 0.2) is 0 Å². The standard InChI is InChI=1S/C15H20N2O/c1-10-3-4-12(9-11(10)2)17-15-13-6-8-18-14(13)5-7-16-15/h5-8,10-12H,3-4,9H2,1-2H3,(H,16,17). The van der Waals surface area contributed by atoms with E-state index in [0.29, 0.717) is 6.04 Å². The fourth-order valence-electron chi connectivity index (χ4n) is 2.88. The van der Waals surface area contributed by atoms with Crippen molar-refractivity contribution in [1.29, 1.82) is 0 Å². The zero-order valence-electron chi connectivity index (χ0n) is 11.0. The van der Waals surface area contributed by atoms with Gasteiger partial charge in [-0.25, -0.2) is 4.98 Å². The maximum absolute atomic E-state index is 5.41. The molecule has 1 saturated carbocycles. The minimum atomic E-state index is 0.546. The summed E-state index contributed by atoms with van der Waals surface area (Å²) in [5.74, 6) is 2.61. The molecule has 0 aromatic carbocycles. The molecular formula is C15H20N2O. The van der Waals surface area contributed by atoms with Crippen LogP contribution in [0.5, 0.6) is 0 Å². The minimum Gasteiger partial charge on any atom is -0.464 e. The van der Waals surface area contributed by atoms with Crippen molar-refractivity contribution in [2.45, 2.75) is 39.2 Å². The molecule has 1 fully saturated rings. The monoisotopic (exact) mass is 244 g/mol. The Morgan fingerprint density at radius 1 is 1.22 bits per heavy atom. The lowest BCUT2D eigenvalue weighted by Gasteiger charge is -2.32. The maximum Gasteiger partial charge on any atom is 0.139 e. The van der Waals surface area contributed by atoms with Gasteiger partial charge < -0.3 is 9.73 Å². The highest BCUT2D eigenvalue weighted by Gasteiger charge is 2.24. The van der Waals surface area contributed by atoms with Crippen LogP contribution in [0.4, 0.5) is 5.82 Å². The number of anilines is 1. The highest BCUT2D eigenvalue weighted by molar-refractivity contribution is 5.87. The molecule has 3 rings (SSSR count). The van der Waals surface area contributed by atoms with E-state index in [0.717, 1.165) is 28.6 Å². The summed E-state index contributed by atoms with van der Waals surface area (Å²) in [6, 6.07) is 4.44. The summed E-state index contributed by atoms with van der Waals surface area (Å²) in [4.78, 5) is 4.45. The van der Waals surface area contributed by atoms with Crippen LogP contribution in [0.1, 0.15) is 33.1 Å². The van der Waals surface area contributed by atoms with Gasteiger partial charge in [0, 0.05) is 12.2 Å². The van der Waals surface area contributed by atoms with Crippen molar-refractivity contribution >= 4 is 16.8 Å². The first kappa shape index (κ1) is 11.6. The van der Waals surface area contributed by atoms with Crippen molar-refractivity contribution in [3.8, 4) is 0 Å². The van der Waals surface area contributed by atoms with Gasteiger partial charge >= 0.3 is 0 Å². The Labute approximate surface area is 108 Å². The predicted molar refractivity (Wildman–Crippen MR) is 73.6 cm³/mol. The van der Waals surface area contributed by atoms with E-state index in [-0.39, 0.29) is 0 Å². The van der Waals surface area contributed by atoms with Gasteiger partial charge in [0.05, 0.1) is 11.6 Å². The predicted octanol–water partition coefficient (Wildman–Crippen LogP) is 4.06. The van der Waals surface area contributed by atoms with Crippen LogP contribution in [-0.4, -0.2) is 11.0 Å². The molecule has 2 aromatic heterocycles. The normalized spacial score (nSPS) is 28.4. The van der Waals surface area contributed by atoms with Crippen molar-refractivity contribution in [3.63, 3.8) is 0 Å². The van der Waals surface area contributed by atoms with Gasteiger partial charge in [-0.3, -0.25) is 0 Å². The summed E-state index contributed by atoms with van der Waals surface area (Å²) < 4.78 is 5.41. The van der Waals surface area contributed by atoms with Gasteiger partial charge in [-0.05, 0) is 43.2 Å². The van der Waals surface area contributed by atoms with Crippen molar-refractivity contribution in [2.24, 2.45) is 11.8 Å². The largest absolute Gasteiger partial charge is 0.464 e. The summed E-state index contributed by atoms with van der Waals surface area (Å²) in [5, 5.41) is 4.68. The molecule has 0 bridgehead atoms. The van der Waals surface area contributed by atoms with Crippen LogP contribution >= 0.6 is 0 Å². The van der Waals surface area contributed by atoms with Gasteiger partial charge in [-0.15, -0.1) is 0 Å². The molecule has 1 aliphatic rings. The third kappa shape index (κ3) is 2.09. The fraction of sp³-hybridized carbons (Fsp3) is 0.533. The van der Waals surface area contributed by atoms with E-state index in [4.69, 9.17) is 4.42 Å². The number of aromatic nitrogens is 1. The Bertz CT molecular complexity index is 534. The zero-order valence-corrected chi connectivity index (χ0v) is 11.0. The van der Waals surface area contributed by atoms with E-state index in [1.165, 1.54) is 19.3 Å². The lowest BCUT2D eigenvalue weighted by Crippen LogP contribution is -2.30. The van der Waals surface area contributed by atoms with Crippen LogP contribution in [0.15, 0.2) is 29.0 Å². The lowest BCUT2D eigenvalue weighted by molar-refractivity contribution is 0.260. The van der Waals surface area contributed by atoms with Gasteiger partial charge in [-0.2, -0.15) is 0 Å². The Kier molecular flexibility index (Phi) is 2.98. The molecule has 0 aliphatic heterocycles. The van der Waals surface area contributed by atoms with E-state index in [2.05, 4.69) is 24.1 Å². The molecular weight excluding hydrogens is 224 g/mol. The molecule has 0 saturated heterocycles. The van der Waals surface area contributed by atoms with Crippen LogP contribution < -0.4 is 5.32 Å². The van der Waals surface area contributed by atoms with Crippen molar-refractivity contribution < 1.29 is 4.42 Å². The summed E-state index contributed by atoms with van der Waals surface area (Å²) in [6.45, 7) is 4.71. The second-order valence-corrected chi connectivity index (χ2v) is 5.60. The second-order valence-electron chi connectivity index (χ2n) is 5.60. The lowest BCUT2D eigenvalue weighted by atomic mass is 9.79. The molecule has 1 N–H and O–H groups in total. The van der Waals surface area contributed by atoms with Crippen molar-refractivity contribution in [1.82, 2.24) is 4.98 Å². The van der Waals surface area contributed by atoms with E-state index in [9.17, 15) is 0 Å². The molecule has 3 nitrogen and oxygen atoms in total. The molecule has 1 aliphatic carbocycles. The fourth-order valence-corrected chi connectivity index (χ4v) is 2.88. The van der Waals surface area contributed by atoms with E-state index >= 15 is 0 Å². The number of nitrogens with one attached hydrogen (secondary N) is 1. The minimum absolute atomic E-state index is 0.546. The molecule has 3 atom stereocenters.